The number of aromatic nitrogens is 1. The molecule has 0 bridgehead atoms. The lowest BCUT2D eigenvalue weighted by atomic mass is 10.1. The molecule has 0 fully saturated rings. The van der Waals surface area contributed by atoms with Crippen molar-refractivity contribution in [1.82, 2.24) is 10.3 Å². The number of carbonyl (C=O) groups is 2. The van der Waals surface area contributed by atoms with Gasteiger partial charge >= 0.3 is 12.1 Å². The standard InChI is InChI=1S/C17H20N4O3/c1-3-24-17(23)21-15-8-4-7-14(12(15)2)20-16(22)19-11-13-6-5-9-18-10-13/h4-10H,3,11H2,1-2H3,(H,21,23)(H2,19,20,22). The van der Waals surface area contributed by atoms with Gasteiger partial charge in [-0.15, -0.1) is 0 Å². The molecule has 0 spiro atoms. The highest BCUT2D eigenvalue weighted by atomic mass is 16.5. The smallest absolute Gasteiger partial charge is 0.411 e. The third-order valence-electron chi connectivity index (χ3n) is 3.27. The van der Waals surface area contributed by atoms with Crippen LogP contribution in [0.3, 0.4) is 0 Å². The third-order valence-corrected chi connectivity index (χ3v) is 3.27. The van der Waals surface area contributed by atoms with Crippen LogP contribution in [0.1, 0.15) is 18.1 Å². The molecule has 0 aliphatic rings. The summed E-state index contributed by atoms with van der Waals surface area (Å²) in [5.41, 5.74) is 2.83. The maximum absolute atomic E-state index is 12.0. The summed E-state index contributed by atoms with van der Waals surface area (Å²) in [7, 11) is 0. The number of hydrogen-bond acceptors (Lipinski definition) is 4. The number of hydrogen-bond donors (Lipinski definition) is 3. The van der Waals surface area contributed by atoms with Crippen molar-refractivity contribution < 1.29 is 14.3 Å². The fraction of sp³-hybridized carbons (Fsp3) is 0.235. The van der Waals surface area contributed by atoms with E-state index in [2.05, 4.69) is 20.9 Å². The molecule has 7 nitrogen and oxygen atoms in total. The predicted molar refractivity (Wildman–Crippen MR) is 91.9 cm³/mol. The van der Waals surface area contributed by atoms with Crippen LogP contribution >= 0.6 is 0 Å². The van der Waals surface area contributed by atoms with Crippen LogP contribution in [0.25, 0.3) is 0 Å². The summed E-state index contributed by atoms with van der Waals surface area (Å²) in [4.78, 5) is 27.5. The SMILES string of the molecule is CCOC(=O)Nc1cccc(NC(=O)NCc2cccnc2)c1C. The minimum Gasteiger partial charge on any atom is -0.450 e. The third kappa shape index (κ3) is 4.98. The van der Waals surface area contributed by atoms with Gasteiger partial charge < -0.3 is 15.4 Å². The van der Waals surface area contributed by atoms with Gasteiger partial charge in [0.1, 0.15) is 0 Å². The van der Waals surface area contributed by atoms with Gasteiger partial charge in [0.05, 0.1) is 6.61 Å². The quantitative estimate of drug-likeness (QED) is 0.785. The Morgan fingerprint density at radius 2 is 1.88 bits per heavy atom. The average molecular weight is 328 g/mol. The van der Waals surface area contributed by atoms with E-state index in [-0.39, 0.29) is 6.03 Å². The minimum absolute atomic E-state index is 0.291. The van der Waals surface area contributed by atoms with E-state index in [1.54, 1.807) is 44.4 Å². The molecule has 1 aromatic heterocycles. The summed E-state index contributed by atoms with van der Waals surface area (Å²) < 4.78 is 4.85. The summed E-state index contributed by atoms with van der Waals surface area (Å²) in [6.07, 6.45) is 2.84. The van der Waals surface area contributed by atoms with Crippen molar-refractivity contribution in [2.45, 2.75) is 20.4 Å². The average Bonchev–Trinajstić information content (AvgIpc) is 2.58. The van der Waals surface area contributed by atoms with Crippen LogP contribution in [0.2, 0.25) is 0 Å². The van der Waals surface area contributed by atoms with E-state index < -0.39 is 6.09 Å². The fourth-order valence-corrected chi connectivity index (χ4v) is 2.04. The molecule has 24 heavy (non-hydrogen) atoms. The minimum atomic E-state index is -0.529. The number of pyridine rings is 1. The molecule has 0 radical (unpaired) electrons. The second-order valence-electron chi connectivity index (χ2n) is 4.99. The molecule has 3 N–H and O–H groups in total. The first-order valence-electron chi connectivity index (χ1n) is 7.57. The second kappa shape index (κ2) is 8.52. The molecule has 1 heterocycles. The summed E-state index contributed by atoms with van der Waals surface area (Å²) in [5, 5.41) is 8.16. The molecule has 0 aliphatic heterocycles. The Bertz CT molecular complexity index is 704. The summed E-state index contributed by atoms with van der Waals surface area (Å²) >= 11 is 0. The Morgan fingerprint density at radius 3 is 2.54 bits per heavy atom. The van der Waals surface area contributed by atoms with Crippen molar-refractivity contribution in [3.05, 3.63) is 53.9 Å². The first kappa shape index (κ1) is 17.3. The molecule has 1 aromatic carbocycles. The number of carbonyl (C=O) groups excluding carboxylic acids is 2. The first-order valence-corrected chi connectivity index (χ1v) is 7.57. The summed E-state index contributed by atoms with van der Waals surface area (Å²) in [6, 6.07) is 8.59. The van der Waals surface area contributed by atoms with Gasteiger partial charge in [-0.25, -0.2) is 9.59 Å². The van der Waals surface area contributed by atoms with E-state index in [0.29, 0.717) is 24.5 Å². The molecule has 0 saturated heterocycles. The number of urea groups is 1. The van der Waals surface area contributed by atoms with Crippen molar-refractivity contribution in [2.24, 2.45) is 0 Å². The second-order valence-corrected chi connectivity index (χ2v) is 4.99. The summed E-state index contributed by atoms with van der Waals surface area (Å²) in [5.74, 6) is 0. The number of rotatable bonds is 5. The Kier molecular flexibility index (Phi) is 6.13. The topological polar surface area (TPSA) is 92.4 Å². The van der Waals surface area contributed by atoms with Gasteiger partial charge in [0.25, 0.3) is 0 Å². The van der Waals surface area contributed by atoms with Gasteiger partial charge in [0, 0.05) is 30.3 Å². The molecule has 2 aromatic rings. The summed E-state index contributed by atoms with van der Waals surface area (Å²) in [6.45, 7) is 4.20. The van der Waals surface area contributed by atoms with Crippen molar-refractivity contribution in [3.8, 4) is 0 Å². The van der Waals surface area contributed by atoms with E-state index in [0.717, 1.165) is 11.1 Å². The molecule has 7 heteroatoms. The van der Waals surface area contributed by atoms with Crippen LogP contribution in [-0.2, 0) is 11.3 Å². The molecule has 3 amide bonds. The van der Waals surface area contributed by atoms with Crippen LogP contribution in [-0.4, -0.2) is 23.7 Å². The Hall–Kier alpha value is -3.09. The molecular weight excluding hydrogens is 308 g/mol. The fourth-order valence-electron chi connectivity index (χ4n) is 2.04. The Morgan fingerprint density at radius 1 is 1.12 bits per heavy atom. The maximum atomic E-state index is 12.0. The van der Waals surface area contributed by atoms with E-state index in [4.69, 9.17) is 4.74 Å². The van der Waals surface area contributed by atoms with Crippen LogP contribution in [0, 0.1) is 6.92 Å². The molecular formula is C17H20N4O3. The van der Waals surface area contributed by atoms with Gasteiger partial charge in [-0.1, -0.05) is 12.1 Å². The number of ether oxygens (including phenoxy) is 1. The van der Waals surface area contributed by atoms with Crippen molar-refractivity contribution in [1.29, 1.82) is 0 Å². The normalized spacial score (nSPS) is 9.92. The zero-order chi connectivity index (χ0) is 17.4. The van der Waals surface area contributed by atoms with Crippen molar-refractivity contribution in [2.75, 3.05) is 17.2 Å². The van der Waals surface area contributed by atoms with Crippen LogP contribution in [0.5, 0.6) is 0 Å². The van der Waals surface area contributed by atoms with Crippen molar-refractivity contribution >= 4 is 23.5 Å². The lowest BCUT2D eigenvalue weighted by molar-refractivity contribution is 0.168. The number of nitrogens with zero attached hydrogens (tertiary/aromatic N) is 1. The zero-order valence-electron chi connectivity index (χ0n) is 13.6. The highest BCUT2D eigenvalue weighted by Crippen LogP contribution is 2.23. The van der Waals surface area contributed by atoms with Gasteiger partial charge in [0.2, 0.25) is 0 Å². The van der Waals surface area contributed by atoms with E-state index >= 15 is 0 Å². The van der Waals surface area contributed by atoms with Crippen LogP contribution < -0.4 is 16.0 Å². The van der Waals surface area contributed by atoms with Gasteiger partial charge in [-0.05, 0) is 43.2 Å². The van der Waals surface area contributed by atoms with E-state index in [9.17, 15) is 9.59 Å². The molecule has 126 valence electrons. The number of amides is 3. The van der Waals surface area contributed by atoms with E-state index in [1.165, 1.54) is 0 Å². The molecule has 0 aliphatic carbocycles. The molecule has 0 saturated carbocycles. The Balaban J connectivity index is 1.96. The first-order chi connectivity index (χ1) is 11.6. The molecule has 2 rings (SSSR count). The van der Waals surface area contributed by atoms with E-state index in [1.807, 2.05) is 12.1 Å². The Labute approximate surface area is 140 Å². The monoisotopic (exact) mass is 328 g/mol. The van der Waals surface area contributed by atoms with Gasteiger partial charge in [-0.2, -0.15) is 0 Å². The number of benzene rings is 1. The lowest BCUT2D eigenvalue weighted by Crippen LogP contribution is -2.28. The lowest BCUT2D eigenvalue weighted by Gasteiger charge is -2.14. The number of nitrogens with one attached hydrogen (secondary N) is 3. The van der Waals surface area contributed by atoms with Crippen LogP contribution in [0.15, 0.2) is 42.7 Å². The number of anilines is 2. The molecule has 0 unspecified atom stereocenters. The van der Waals surface area contributed by atoms with Gasteiger partial charge in [0.15, 0.2) is 0 Å². The van der Waals surface area contributed by atoms with Crippen molar-refractivity contribution in [3.63, 3.8) is 0 Å². The predicted octanol–water partition coefficient (Wildman–Crippen LogP) is 3.28. The van der Waals surface area contributed by atoms with Crippen LogP contribution in [0.4, 0.5) is 21.0 Å². The highest BCUT2D eigenvalue weighted by Gasteiger charge is 2.10. The van der Waals surface area contributed by atoms with Gasteiger partial charge in [-0.3, -0.25) is 10.3 Å². The zero-order valence-corrected chi connectivity index (χ0v) is 13.6. The maximum Gasteiger partial charge on any atom is 0.411 e. The highest BCUT2D eigenvalue weighted by molar-refractivity contribution is 5.93. The largest absolute Gasteiger partial charge is 0.450 e. The molecule has 0 atom stereocenters.